The first-order valence-electron chi connectivity index (χ1n) is 5.11. The first-order chi connectivity index (χ1) is 7.74. The van der Waals surface area contributed by atoms with E-state index in [1.807, 2.05) is 20.0 Å². The van der Waals surface area contributed by atoms with Gasteiger partial charge in [0.2, 0.25) is 0 Å². The average molecular weight is 218 g/mol. The lowest BCUT2D eigenvalue weighted by molar-refractivity contribution is 0.741. The van der Waals surface area contributed by atoms with Gasteiger partial charge in [-0.05, 0) is 6.92 Å². The molecule has 2 heterocycles. The van der Waals surface area contributed by atoms with Crippen LogP contribution in [0.3, 0.4) is 0 Å². The van der Waals surface area contributed by atoms with Gasteiger partial charge in [-0.25, -0.2) is 15.0 Å². The van der Waals surface area contributed by atoms with E-state index in [9.17, 15) is 0 Å². The van der Waals surface area contributed by atoms with Crippen LogP contribution >= 0.6 is 0 Å². The number of aryl methyl sites for hydroxylation is 2. The third-order valence-corrected chi connectivity index (χ3v) is 2.11. The van der Waals surface area contributed by atoms with Gasteiger partial charge in [0.15, 0.2) is 5.82 Å². The lowest BCUT2D eigenvalue weighted by Crippen LogP contribution is -2.08. The molecule has 0 unspecified atom stereocenters. The predicted molar refractivity (Wildman–Crippen MR) is 60.0 cm³/mol. The van der Waals surface area contributed by atoms with Gasteiger partial charge in [0, 0.05) is 31.8 Å². The summed E-state index contributed by atoms with van der Waals surface area (Å²) in [5, 5.41) is 7.40. The number of hydrogen-bond acceptors (Lipinski definition) is 5. The molecule has 0 fully saturated rings. The van der Waals surface area contributed by atoms with Crippen molar-refractivity contribution in [3.05, 3.63) is 30.2 Å². The topological polar surface area (TPSA) is 68.5 Å². The highest BCUT2D eigenvalue weighted by molar-refractivity contribution is 5.34. The minimum absolute atomic E-state index is 0.764. The highest BCUT2D eigenvalue weighted by Crippen LogP contribution is 2.02. The van der Waals surface area contributed by atoms with E-state index in [1.165, 1.54) is 0 Å². The van der Waals surface area contributed by atoms with Crippen LogP contribution in [0.2, 0.25) is 0 Å². The van der Waals surface area contributed by atoms with E-state index >= 15 is 0 Å². The summed E-state index contributed by atoms with van der Waals surface area (Å²) >= 11 is 0. The van der Waals surface area contributed by atoms with Crippen molar-refractivity contribution in [2.24, 2.45) is 7.05 Å². The van der Waals surface area contributed by atoms with Crippen LogP contribution in [0.5, 0.6) is 0 Å². The maximum Gasteiger partial charge on any atom is 0.152 e. The van der Waals surface area contributed by atoms with Crippen LogP contribution in [-0.2, 0) is 13.5 Å². The molecule has 2 aromatic rings. The Morgan fingerprint density at radius 2 is 2.19 bits per heavy atom. The van der Waals surface area contributed by atoms with Crippen LogP contribution in [0.4, 0.5) is 5.82 Å². The molecular formula is C10H14N6. The fourth-order valence-corrected chi connectivity index (χ4v) is 1.35. The van der Waals surface area contributed by atoms with Crippen molar-refractivity contribution >= 4 is 5.82 Å². The van der Waals surface area contributed by atoms with Gasteiger partial charge in [-0.2, -0.15) is 5.10 Å². The van der Waals surface area contributed by atoms with Crippen LogP contribution in [0, 0.1) is 6.92 Å². The Hall–Kier alpha value is -1.98. The molecule has 6 heteroatoms. The van der Waals surface area contributed by atoms with Crippen molar-refractivity contribution in [1.82, 2.24) is 24.7 Å². The molecule has 6 nitrogen and oxygen atoms in total. The van der Waals surface area contributed by atoms with E-state index in [2.05, 4.69) is 25.4 Å². The highest BCUT2D eigenvalue weighted by Gasteiger charge is 1.99. The number of aromatic nitrogens is 5. The smallest absolute Gasteiger partial charge is 0.152 e. The number of rotatable bonds is 4. The number of hydrogen-bond donors (Lipinski definition) is 1. The van der Waals surface area contributed by atoms with E-state index < -0.39 is 0 Å². The van der Waals surface area contributed by atoms with E-state index in [1.54, 1.807) is 17.3 Å². The Bertz CT molecular complexity index is 464. The zero-order valence-electron chi connectivity index (χ0n) is 9.38. The summed E-state index contributed by atoms with van der Waals surface area (Å²) in [4.78, 5) is 12.3. The van der Waals surface area contributed by atoms with Crippen LogP contribution < -0.4 is 5.32 Å². The van der Waals surface area contributed by atoms with Gasteiger partial charge in [-0.1, -0.05) is 0 Å². The zero-order chi connectivity index (χ0) is 11.4. The molecule has 0 spiro atoms. The Labute approximate surface area is 93.8 Å². The molecule has 0 saturated carbocycles. The summed E-state index contributed by atoms with van der Waals surface area (Å²) in [5.41, 5.74) is 0.952. The normalized spacial score (nSPS) is 10.4. The summed E-state index contributed by atoms with van der Waals surface area (Å²) in [6.07, 6.45) is 4.03. The molecule has 1 N–H and O–H groups in total. The van der Waals surface area contributed by atoms with Crippen molar-refractivity contribution in [2.45, 2.75) is 13.3 Å². The molecule has 0 bridgehead atoms. The maximum absolute atomic E-state index is 4.19. The minimum atomic E-state index is 0.764. The number of anilines is 1. The van der Waals surface area contributed by atoms with E-state index in [4.69, 9.17) is 0 Å². The molecule has 2 aromatic heterocycles. The number of nitrogens with one attached hydrogen (secondary N) is 1. The van der Waals surface area contributed by atoms with Crippen LogP contribution in [0.15, 0.2) is 18.7 Å². The lowest BCUT2D eigenvalue weighted by atomic mass is 10.4. The monoisotopic (exact) mass is 218 g/mol. The van der Waals surface area contributed by atoms with Crippen molar-refractivity contribution in [1.29, 1.82) is 0 Å². The molecule has 0 amide bonds. The standard InChI is InChI=1S/C10H14N6/c1-8-5-10(13-6-12-8)11-4-3-9-14-7-16(2)15-9/h5-7H,3-4H2,1-2H3,(H,11,12,13). The first kappa shape index (κ1) is 10.5. The SMILES string of the molecule is Cc1cc(NCCc2ncn(C)n2)ncn1. The summed E-state index contributed by atoms with van der Waals surface area (Å²) in [6, 6.07) is 1.91. The van der Waals surface area contributed by atoms with E-state index in [0.717, 1.165) is 30.3 Å². The van der Waals surface area contributed by atoms with Crippen molar-refractivity contribution in [2.75, 3.05) is 11.9 Å². The van der Waals surface area contributed by atoms with Crippen molar-refractivity contribution in [3.8, 4) is 0 Å². The van der Waals surface area contributed by atoms with Gasteiger partial charge < -0.3 is 5.32 Å². The van der Waals surface area contributed by atoms with Gasteiger partial charge in [-0.3, -0.25) is 4.68 Å². The molecule has 0 aliphatic heterocycles. The molecular weight excluding hydrogens is 204 g/mol. The van der Waals surface area contributed by atoms with Gasteiger partial charge in [0.05, 0.1) is 0 Å². The van der Waals surface area contributed by atoms with E-state index in [-0.39, 0.29) is 0 Å². The van der Waals surface area contributed by atoms with Gasteiger partial charge in [0.1, 0.15) is 18.5 Å². The number of nitrogens with zero attached hydrogens (tertiary/aromatic N) is 5. The van der Waals surface area contributed by atoms with Gasteiger partial charge in [-0.15, -0.1) is 0 Å². The second-order valence-electron chi connectivity index (χ2n) is 3.56. The van der Waals surface area contributed by atoms with Crippen LogP contribution in [-0.4, -0.2) is 31.3 Å². The Morgan fingerprint density at radius 1 is 1.31 bits per heavy atom. The van der Waals surface area contributed by atoms with Gasteiger partial charge >= 0.3 is 0 Å². The first-order valence-corrected chi connectivity index (χ1v) is 5.11. The van der Waals surface area contributed by atoms with Crippen molar-refractivity contribution in [3.63, 3.8) is 0 Å². The largest absolute Gasteiger partial charge is 0.370 e. The molecule has 0 radical (unpaired) electrons. The fraction of sp³-hybridized carbons (Fsp3) is 0.400. The van der Waals surface area contributed by atoms with Gasteiger partial charge in [0.25, 0.3) is 0 Å². The van der Waals surface area contributed by atoms with Crippen LogP contribution in [0.1, 0.15) is 11.5 Å². The van der Waals surface area contributed by atoms with Crippen LogP contribution in [0.25, 0.3) is 0 Å². The molecule has 2 rings (SSSR count). The molecule has 84 valence electrons. The summed E-state index contributed by atoms with van der Waals surface area (Å²) < 4.78 is 1.70. The van der Waals surface area contributed by atoms with E-state index in [0.29, 0.717) is 0 Å². The Kier molecular flexibility index (Phi) is 3.09. The average Bonchev–Trinajstić information content (AvgIpc) is 2.64. The molecule has 16 heavy (non-hydrogen) atoms. The maximum atomic E-state index is 4.19. The zero-order valence-corrected chi connectivity index (χ0v) is 9.38. The third-order valence-electron chi connectivity index (χ3n) is 2.11. The molecule has 0 aromatic carbocycles. The second kappa shape index (κ2) is 4.69. The Morgan fingerprint density at radius 3 is 2.88 bits per heavy atom. The lowest BCUT2D eigenvalue weighted by Gasteiger charge is -2.03. The van der Waals surface area contributed by atoms with Crippen molar-refractivity contribution < 1.29 is 0 Å². The molecule has 0 atom stereocenters. The molecule has 0 aliphatic carbocycles. The Balaban J connectivity index is 1.84. The third kappa shape index (κ3) is 2.75. The minimum Gasteiger partial charge on any atom is -0.370 e. The summed E-state index contributed by atoms with van der Waals surface area (Å²) in [7, 11) is 1.86. The molecule has 0 aliphatic rings. The molecule has 0 saturated heterocycles. The highest BCUT2D eigenvalue weighted by atomic mass is 15.3. The summed E-state index contributed by atoms with van der Waals surface area (Å²) in [6.45, 7) is 2.70. The quantitative estimate of drug-likeness (QED) is 0.812. The fourth-order valence-electron chi connectivity index (χ4n) is 1.35. The summed E-state index contributed by atoms with van der Waals surface area (Å²) in [5.74, 6) is 1.67. The predicted octanol–water partition coefficient (Wildman–Crippen LogP) is 0.568. The second-order valence-corrected chi connectivity index (χ2v) is 3.56.